The smallest absolute Gasteiger partial charge is 0.335 e. The third-order valence-electron chi connectivity index (χ3n) is 4.00. The molecule has 4 nitrogen and oxygen atoms in total. The lowest BCUT2D eigenvalue weighted by Crippen LogP contribution is -2.47. The van der Waals surface area contributed by atoms with Crippen molar-refractivity contribution in [3.05, 3.63) is 48.7 Å². The van der Waals surface area contributed by atoms with Gasteiger partial charge in [0.15, 0.2) is 0 Å². The normalized spacial score (nSPS) is 26.0. The van der Waals surface area contributed by atoms with Gasteiger partial charge in [-0.2, -0.15) is 0 Å². The molecule has 0 bridgehead atoms. The maximum atomic E-state index is 6.30. The zero-order valence-corrected chi connectivity index (χ0v) is 14.7. The summed E-state index contributed by atoms with van der Waals surface area (Å²) in [6, 6.07) is 11.4. The minimum atomic E-state index is -2.07. The highest BCUT2D eigenvalue weighted by Crippen LogP contribution is 2.21. The van der Waals surface area contributed by atoms with Crippen molar-refractivity contribution in [3.63, 3.8) is 0 Å². The van der Waals surface area contributed by atoms with Gasteiger partial charge in [0.1, 0.15) is 0 Å². The summed E-state index contributed by atoms with van der Waals surface area (Å²) in [4.78, 5) is 2.18. The Morgan fingerprint density at radius 1 is 1.41 bits per heavy atom. The summed E-state index contributed by atoms with van der Waals surface area (Å²) >= 11 is 0. The van der Waals surface area contributed by atoms with E-state index in [0.717, 1.165) is 32.2 Å². The molecular weight excluding hydrogens is 294 g/mol. The first kappa shape index (κ1) is 17.2. The van der Waals surface area contributed by atoms with Crippen LogP contribution in [0.5, 0.6) is 0 Å². The molecule has 0 radical (unpaired) electrons. The van der Waals surface area contributed by atoms with Crippen LogP contribution in [-0.4, -0.2) is 46.4 Å². The van der Waals surface area contributed by atoms with E-state index in [4.69, 9.17) is 13.6 Å². The molecule has 1 saturated heterocycles. The Morgan fingerprint density at radius 3 is 2.86 bits per heavy atom. The first-order chi connectivity index (χ1) is 10.6. The summed E-state index contributed by atoms with van der Waals surface area (Å²) in [7, 11) is -0.304. The van der Waals surface area contributed by atoms with Crippen molar-refractivity contribution < 1.29 is 13.6 Å². The van der Waals surface area contributed by atoms with Crippen LogP contribution in [0.3, 0.4) is 0 Å². The lowest BCUT2D eigenvalue weighted by atomic mass is 10.2. The summed E-state index contributed by atoms with van der Waals surface area (Å²) in [5.41, 5.74) is 1.26. The number of hydrogen-bond donors (Lipinski definition) is 0. The van der Waals surface area contributed by atoms with Crippen molar-refractivity contribution in [2.24, 2.45) is 0 Å². The predicted molar refractivity (Wildman–Crippen MR) is 90.8 cm³/mol. The Balaban J connectivity index is 1.97. The molecule has 1 aromatic rings. The Hall–Kier alpha value is -1.14. The van der Waals surface area contributed by atoms with Crippen LogP contribution in [0.4, 0.5) is 0 Å². The third-order valence-corrected chi connectivity index (χ3v) is 6.95. The lowest BCUT2D eigenvalue weighted by Gasteiger charge is -2.35. The van der Waals surface area contributed by atoms with E-state index >= 15 is 0 Å². The van der Waals surface area contributed by atoms with Gasteiger partial charge in [-0.15, -0.1) is 0 Å². The van der Waals surface area contributed by atoms with Gasteiger partial charge in [-0.25, -0.2) is 0 Å². The molecular formula is C17H27NO3Si. The first-order valence-corrected chi connectivity index (χ1v) is 10.4. The van der Waals surface area contributed by atoms with E-state index in [1.54, 1.807) is 7.11 Å². The number of hydrogen-bond acceptors (Lipinski definition) is 4. The number of rotatable bonds is 6. The van der Waals surface area contributed by atoms with Gasteiger partial charge in [-0.3, -0.25) is 0 Å². The van der Waals surface area contributed by atoms with Crippen molar-refractivity contribution in [2.45, 2.75) is 31.7 Å². The van der Waals surface area contributed by atoms with Crippen LogP contribution < -0.4 is 0 Å². The van der Waals surface area contributed by atoms with Crippen molar-refractivity contribution in [1.29, 1.82) is 0 Å². The molecule has 2 rings (SSSR count). The highest BCUT2D eigenvalue weighted by Gasteiger charge is 2.34. The van der Waals surface area contributed by atoms with Crippen molar-refractivity contribution in [3.8, 4) is 0 Å². The molecule has 0 spiro atoms. The summed E-state index contributed by atoms with van der Waals surface area (Å²) in [5, 5.41) is 0. The molecule has 0 amide bonds. The second-order valence-electron chi connectivity index (χ2n) is 5.85. The monoisotopic (exact) mass is 321 g/mol. The van der Waals surface area contributed by atoms with Gasteiger partial charge in [0.2, 0.25) is 0 Å². The Labute approximate surface area is 134 Å². The highest BCUT2D eigenvalue weighted by molar-refractivity contribution is 6.66. The van der Waals surface area contributed by atoms with Crippen molar-refractivity contribution >= 4 is 8.56 Å². The number of benzene rings is 1. The van der Waals surface area contributed by atoms with Crippen LogP contribution in [0, 0.1) is 0 Å². The van der Waals surface area contributed by atoms with E-state index in [1.807, 2.05) is 12.3 Å². The van der Waals surface area contributed by atoms with Gasteiger partial charge >= 0.3 is 8.56 Å². The van der Waals surface area contributed by atoms with E-state index in [1.165, 1.54) is 5.56 Å². The molecule has 1 aliphatic rings. The van der Waals surface area contributed by atoms with Crippen LogP contribution in [0.15, 0.2) is 43.1 Å². The Kier molecular flexibility index (Phi) is 6.63. The summed E-state index contributed by atoms with van der Waals surface area (Å²) in [6.45, 7) is 9.07. The van der Waals surface area contributed by atoms with Gasteiger partial charge < -0.3 is 18.5 Å². The van der Waals surface area contributed by atoms with E-state index in [-0.39, 0.29) is 6.10 Å². The molecule has 5 heteroatoms. The fourth-order valence-corrected chi connectivity index (χ4v) is 4.73. The maximum absolute atomic E-state index is 6.30. The third kappa shape index (κ3) is 5.25. The zero-order chi connectivity index (χ0) is 15.8. The van der Waals surface area contributed by atoms with Gasteiger partial charge in [0, 0.05) is 26.8 Å². The lowest BCUT2D eigenvalue weighted by molar-refractivity contribution is 0.00586. The second kappa shape index (κ2) is 8.48. The van der Waals surface area contributed by atoms with Crippen LogP contribution >= 0.6 is 0 Å². The Bertz CT molecular complexity index is 456. The average molecular weight is 321 g/mol. The molecule has 0 saturated carbocycles. The Morgan fingerprint density at radius 2 is 2.18 bits per heavy atom. The molecule has 1 heterocycles. The van der Waals surface area contributed by atoms with Gasteiger partial charge in [-0.05, 0) is 30.8 Å². The molecule has 2 unspecified atom stereocenters. The molecule has 0 aliphatic carbocycles. The fraction of sp³-hybridized carbons (Fsp3) is 0.529. The van der Waals surface area contributed by atoms with Crippen molar-refractivity contribution in [1.82, 2.24) is 4.90 Å². The molecule has 0 N–H and O–H groups in total. The predicted octanol–water partition coefficient (Wildman–Crippen LogP) is 3.16. The number of ether oxygens (including phenoxy) is 1. The quantitative estimate of drug-likeness (QED) is 0.753. The minimum Gasteiger partial charge on any atom is -0.398 e. The van der Waals surface area contributed by atoms with Gasteiger partial charge in [0.05, 0.1) is 12.7 Å². The van der Waals surface area contributed by atoms with E-state index in [0.29, 0.717) is 6.61 Å². The summed E-state index contributed by atoms with van der Waals surface area (Å²) in [6.07, 6.45) is 2.91. The molecule has 122 valence electrons. The fourth-order valence-electron chi connectivity index (χ4n) is 2.68. The minimum absolute atomic E-state index is 0.0265. The van der Waals surface area contributed by atoms with Crippen LogP contribution in [0.1, 0.15) is 12.0 Å². The topological polar surface area (TPSA) is 30.9 Å². The summed E-state index contributed by atoms with van der Waals surface area (Å²) < 4.78 is 17.7. The largest absolute Gasteiger partial charge is 0.398 e. The standard InChI is InChI=1S/C17H27NO3Si/c1-4-18(13-16-9-6-5-7-10-16)14-17-15-20-11-8-12-22(3,19-2)21-17/h4-7,9-10,17H,1,8,11-15H2,2-3H3. The molecule has 1 aliphatic heterocycles. The van der Waals surface area contributed by atoms with E-state index in [9.17, 15) is 0 Å². The second-order valence-corrected chi connectivity index (χ2v) is 9.27. The first-order valence-electron chi connectivity index (χ1n) is 7.86. The van der Waals surface area contributed by atoms with E-state index < -0.39 is 8.56 Å². The average Bonchev–Trinajstić information content (AvgIpc) is 2.52. The molecule has 2 atom stereocenters. The molecule has 22 heavy (non-hydrogen) atoms. The highest BCUT2D eigenvalue weighted by atomic mass is 28.4. The SMILES string of the molecule is C=CN(Cc1ccccc1)CC1COCCC[Si](C)(OC)O1. The van der Waals surface area contributed by atoms with Crippen molar-refractivity contribution in [2.75, 3.05) is 26.9 Å². The maximum Gasteiger partial charge on any atom is 0.335 e. The molecule has 0 aromatic heterocycles. The van der Waals surface area contributed by atoms with Crippen LogP contribution in [0.2, 0.25) is 12.6 Å². The molecule has 1 fully saturated rings. The van der Waals surface area contributed by atoms with Crippen LogP contribution in [-0.2, 0) is 20.1 Å². The van der Waals surface area contributed by atoms with Gasteiger partial charge in [0.25, 0.3) is 0 Å². The summed E-state index contributed by atoms with van der Waals surface area (Å²) in [5.74, 6) is 0. The molecule has 1 aromatic carbocycles. The van der Waals surface area contributed by atoms with Gasteiger partial charge in [-0.1, -0.05) is 36.9 Å². The van der Waals surface area contributed by atoms with E-state index in [2.05, 4.69) is 42.3 Å². The zero-order valence-electron chi connectivity index (χ0n) is 13.7. The number of nitrogens with zero attached hydrogens (tertiary/aromatic N) is 1. The van der Waals surface area contributed by atoms with Crippen LogP contribution in [0.25, 0.3) is 0 Å².